The molecule has 138 valence electrons. The van der Waals surface area contributed by atoms with Crippen molar-refractivity contribution in [3.8, 4) is 5.75 Å². The summed E-state index contributed by atoms with van der Waals surface area (Å²) in [5, 5.41) is 8.15. The summed E-state index contributed by atoms with van der Waals surface area (Å²) in [4.78, 5) is 36.1. The maximum atomic E-state index is 12.7. The zero-order valence-electron chi connectivity index (χ0n) is 14.6. The highest BCUT2D eigenvalue weighted by molar-refractivity contribution is 6.06. The molecule has 3 amide bonds. The number of ether oxygens (including phenoxy) is 1. The topological polar surface area (TPSA) is 105 Å². The number of benzene rings is 2. The Hall–Kier alpha value is -3.55. The molecule has 4 rings (SSSR count). The van der Waals surface area contributed by atoms with Crippen LogP contribution in [0, 0.1) is 0 Å². The number of fused-ring (bicyclic) bond motifs is 1. The number of carbonyl (C=O) groups is 2. The van der Waals surface area contributed by atoms with Gasteiger partial charge in [-0.1, -0.05) is 30.3 Å². The van der Waals surface area contributed by atoms with E-state index >= 15 is 0 Å². The lowest BCUT2D eigenvalue weighted by molar-refractivity contribution is -0.123. The van der Waals surface area contributed by atoms with E-state index in [2.05, 4.69) is 15.7 Å². The molecule has 1 unspecified atom stereocenters. The number of hydrogen-bond donors (Lipinski definition) is 3. The van der Waals surface area contributed by atoms with Crippen molar-refractivity contribution in [2.45, 2.75) is 25.6 Å². The molecule has 1 saturated heterocycles. The fourth-order valence-electron chi connectivity index (χ4n) is 3.09. The van der Waals surface area contributed by atoms with Gasteiger partial charge in [-0.3, -0.25) is 20.0 Å². The van der Waals surface area contributed by atoms with Crippen molar-refractivity contribution >= 4 is 22.8 Å². The number of H-pyrrole nitrogens is 1. The number of amides is 3. The van der Waals surface area contributed by atoms with E-state index in [0.717, 1.165) is 5.56 Å². The average Bonchev–Trinajstić information content (AvgIpc) is 3.09. The summed E-state index contributed by atoms with van der Waals surface area (Å²) in [6.07, 6.45) is 0. The molecule has 1 aliphatic rings. The second-order valence-electron chi connectivity index (χ2n) is 6.73. The normalized spacial score (nSPS) is 19.1. The highest BCUT2D eigenvalue weighted by Crippen LogP contribution is 2.19. The van der Waals surface area contributed by atoms with Gasteiger partial charge < -0.3 is 10.1 Å². The highest BCUT2D eigenvalue weighted by atomic mass is 16.5. The van der Waals surface area contributed by atoms with E-state index < -0.39 is 17.5 Å². The largest absolute Gasteiger partial charge is 0.489 e. The van der Waals surface area contributed by atoms with Crippen LogP contribution in [0.1, 0.15) is 12.5 Å². The SMILES string of the molecule is CC1(Cn2[nH]c3ccc(OCc4ccccc4)cc3c2=O)NC(=O)NC1=O. The van der Waals surface area contributed by atoms with Gasteiger partial charge in [0.1, 0.15) is 17.9 Å². The zero-order chi connectivity index (χ0) is 19.0. The third-order valence-corrected chi connectivity index (χ3v) is 4.56. The quantitative estimate of drug-likeness (QED) is 0.595. The molecule has 1 atom stereocenters. The lowest BCUT2D eigenvalue weighted by atomic mass is 10.0. The number of nitrogens with zero attached hydrogens (tertiary/aromatic N) is 1. The maximum Gasteiger partial charge on any atom is 0.322 e. The summed E-state index contributed by atoms with van der Waals surface area (Å²) in [6.45, 7) is 1.97. The molecule has 1 aromatic heterocycles. The van der Waals surface area contributed by atoms with Crippen LogP contribution in [0.15, 0.2) is 53.3 Å². The minimum atomic E-state index is -1.19. The summed E-state index contributed by atoms with van der Waals surface area (Å²) in [6, 6.07) is 14.4. The van der Waals surface area contributed by atoms with Gasteiger partial charge in [-0.2, -0.15) is 0 Å². The van der Waals surface area contributed by atoms with Gasteiger partial charge in [0, 0.05) is 0 Å². The third-order valence-electron chi connectivity index (χ3n) is 4.56. The van der Waals surface area contributed by atoms with Crippen LogP contribution in [0.4, 0.5) is 4.79 Å². The number of urea groups is 1. The number of aromatic nitrogens is 2. The molecule has 2 aromatic carbocycles. The van der Waals surface area contributed by atoms with Crippen molar-refractivity contribution in [2.24, 2.45) is 0 Å². The number of carbonyl (C=O) groups excluding carboxylic acids is 2. The standard InChI is InChI=1S/C19H18N4O4/c1-19(17(25)20-18(26)21-19)11-23-16(24)14-9-13(7-8-15(14)22-23)27-10-12-5-3-2-4-6-12/h2-9,22H,10-11H2,1H3,(H2,20,21,25,26). The van der Waals surface area contributed by atoms with Gasteiger partial charge >= 0.3 is 6.03 Å². The van der Waals surface area contributed by atoms with Crippen LogP contribution in [0.5, 0.6) is 5.75 Å². The summed E-state index contributed by atoms with van der Waals surface area (Å²) < 4.78 is 7.08. The smallest absolute Gasteiger partial charge is 0.322 e. The van der Waals surface area contributed by atoms with Gasteiger partial charge in [0.05, 0.1) is 17.4 Å². The molecular formula is C19H18N4O4. The molecule has 8 nitrogen and oxygen atoms in total. The summed E-state index contributed by atoms with van der Waals surface area (Å²) in [5.74, 6) is 0.109. The predicted octanol–water partition coefficient (Wildman–Crippen LogP) is 1.51. The molecule has 1 fully saturated rings. The number of aromatic amines is 1. The van der Waals surface area contributed by atoms with E-state index in [4.69, 9.17) is 4.74 Å². The molecule has 27 heavy (non-hydrogen) atoms. The van der Waals surface area contributed by atoms with Crippen molar-refractivity contribution < 1.29 is 14.3 Å². The monoisotopic (exact) mass is 366 g/mol. The molecule has 0 saturated carbocycles. The van der Waals surface area contributed by atoms with E-state index in [1.54, 1.807) is 25.1 Å². The molecule has 8 heteroatoms. The molecule has 0 aliphatic carbocycles. The number of hydrogen-bond acceptors (Lipinski definition) is 4. The first kappa shape index (κ1) is 16.9. The van der Waals surface area contributed by atoms with Crippen LogP contribution < -0.4 is 20.9 Å². The van der Waals surface area contributed by atoms with Crippen molar-refractivity contribution in [3.05, 3.63) is 64.4 Å². The van der Waals surface area contributed by atoms with E-state index in [0.29, 0.717) is 23.3 Å². The summed E-state index contributed by atoms with van der Waals surface area (Å²) >= 11 is 0. The van der Waals surface area contributed by atoms with Crippen LogP contribution >= 0.6 is 0 Å². The molecule has 0 radical (unpaired) electrons. The number of nitrogens with one attached hydrogen (secondary N) is 3. The highest BCUT2D eigenvalue weighted by Gasteiger charge is 2.42. The van der Waals surface area contributed by atoms with Gasteiger partial charge in [-0.05, 0) is 30.7 Å². The Morgan fingerprint density at radius 2 is 1.85 bits per heavy atom. The molecular weight excluding hydrogens is 348 g/mol. The lowest BCUT2D eigenvalue weighted by Gasteiger charge is -2.20. The lowest BCUT2D eigenvalue weighted by Crippen LogP contribution is -2.49. The predicted molar refractivity (Wildman–Crippen MR) is 98.4 cm³/mol. The number of imide groups is 1. The minimum absolute atomic E-state index is 0.00169. The van der Waals surface area contributed by atoms with Crippen molar-refractivity contribution in [1.82, 2.24) is 20.4 Å². The van der Waals surface area contributed by atoms with E-state index in [-0.39, 0.29) is 12.1 Å². The summed E-state index contributed by atoms with van der Waals surface area (Å²) in [5.41, 5.74) is 0.180. The minimum Gasteiger partial charge on any atom is -0.489 e. The zero-order valence-corrected chi connectivity index (χ0v) is 14.6. The third kappa shape index (κ3) is 3.17. The van der Waals surface area contributed by atoms with E-state index in [1.165, 1.54) is 4.68 Å². The fourth-order valence-corrected chi connectivity index (χ4v) is 3.09. The van der Waals surface area contributed by atoms with Crippen LogP contribution in [-0.4, -0.2) is 27.3 Å². The Labute approximate surface area is 154 Å². The molecule has 2 heterocycles. The molecule has 3 aromatic rings. The first-order valence-electron chi connectivity index (χ1n) is 8.47. The van der Waals surface area contributed by atoms with Gasteiger partial charge in [-0.25, -0.2) is 9.48 Å². The van der Waals surface area contributed by atoms with Gasteiger partial charge in [0.25, 0.3) is 11.5 Å². The molecule has 0 bridgehead atoms. The molecule has 0 spiro atoms. The Morgan fingerprint density at radius 3 is 2.56 bits per heavy atom. The van der Waals surface area contributed by atoms with E-state index in [9.17, 15) is 14.4 Å². The van der Waals surface area contributed by atoms with Crippen molar-refractivity contribution in [1.29, 1.82) is 0 Å². The fraction of sp³-hybridized carbons (Fsp3) is 0.211. The number of rotatable bonds is 5. The Balaban J connectivity index is 1.58. The van der Waals surface area contributed by atoms with Crippen molar-refractivity contribution in [2.75, 3.05) is 0 Å². The van der Waals surface area contributed by atoms with Crippen LogP contribution in [-0.2, 0) is 17.9 Å². The second kappa shape index (κ2) is 6.31. The Kier molecular flexibility index (Phi) is 3.95. The Bertz CT molecular complexity index is 1090. The maximum absolute atomic E-state index is 12.7. The van der Waals surface area contributed by atoms with Crippen LogP contribution in [0.2, 0.25) is 0 Å². The van der Waals surface area contributed by atoms with Crippen LogP contribution in [0.3, 0.4) is 0 Å². The van der Waals surface area contributed by atoms with Crippen LogP contribution in [0.25, 0.3) is 10.9 Å². The Morgan fingerprint density at radius 1 is 1.07 bits per heavy atom. The van der Waals surface area contributed by atoms with E-state index in [1.807, 2.05) is 30.3 Å². The first-order chi connectivity index (χ1) is 12.9. The summed E-state index contributed by atoms with van der Waals surface area (Å²) in [7, 11) is 0. The van der Waals surface area contributed by atoms with Gasteiger partial charge in [-0.15, -0.1) is 0 Å². The van der Waals surface area contributed by atoms with Gasteiger partial charge in [0.15, 0.2) is 0 Å². The second-order valence-corrected chi connectivity index (χ2v) is 6.73. The van der Waals surface area contributed by atoms with Gasteiger partial charge in [0.2, 0.25) is 0 Å². The molecule has 3 N–H and O–H groups in total. The van der Waals surface area contributed by atoms with Crippen molar-refractivity contribution in [3.63, 3.8) is 0 Å². The average molecular weight is 366 g/mol. The first-order valence-corrected chi connectivity index (χ1v) is 8.47. The molecule has 1 aliphatic heterocycles.